The summed E-state index contributed by atoms with van der Waals surface area (Å²) < 4.78 is 56.2. The number of rotatable bonds is 7. The maximum atomic E-state index is 14.5. The van der Waals surface area contributed by atoms with Crippen molar-refractivity contribution >= 4 is 11.5 Å². The predicted octanol–water partition coefficient (Wildman–Crippen LogP) is 5.15. The molecule has 1 aromatic rings. The topological polar surface area (TPSA) is 62.8 Å². The molecule has 3 aliphatic heterocycles. The molecule has 3 N–H and O–H groups in total. The second-order valence-corrected chi connectivity index (χ2v) is 9.06. The van der Waals surface area contributed by atoms with Crippen molar-refractivity contribution in [2.75, 3.05) is 13.1 Å². The highest BCUT2D eigenvalue weighted by molar-refractivity contribution is 6.27. The van der Waals surface area contributed by atoms with E-state index >= 15 is 0 Å². The van der Waals surface area contributed by atoms with Gasteiger partial charge in [0.25, 0.3) is 0 Å². The highest BCUT2D eigenvalue weighted by atomic mass is 19.2. The van der Waals surface area contributed by atoms with E-state index in [0.717, 1.165) is 54.9 Å². The first kappa shape index (κ1) is 24.1. The van der Waals surface area contributed by atoms with Crippen LogP contribution in [0.5, 0.6) is 0 Å². The van der Waals surface area contributed by atoms with Crippen LogP contribution in [0.4, 0.5) is 17.6 Å². The predicted molar refractivity (Wildman–Crippen MR) is 127 cm³/mol. The van der Waals surface area contributed by atoms with Crippen molar-refractivity contribution in [1.29, 1.82) is 0 Å². The lowest BCUT2D eigenvalue weighted by molar-refractivity contribution is 0.267. The molecule has 2 bridgehead atoms. The number of nitrogens with two attached hydrogens (primary N) is 1. The molecule has 0 spiro atoms. The maximum absolute atomic E-state index is 14.5. The summed E-state index contributed by atoms with van der Waals surface area (Å²) in [6.45, 7) is 8.34. The number of hydrogen-bond acceptors (Lipinski definition) is 4. The number of benzene rings is 1. The molecule has 180 valence electrons. The molecule has 2 atom stereocenters. The smallest absolute Gasteiger partial charge is 0.179 e. The Morgan fingerprint density at radius 2 is 2.03 bits per heavy atom. The summed E-state index contributed by atoms with van der Waals surface area (Å²) in [5, 5.41) is 3.40. The Kier molecular flexibility index (Phi) is 6.62. The largest absolute Gasteiger partial charge is 0.383 e. The summed E-state index contributed by atoms with van der Waals surface area (Å²) in [5.74, 6) is -3.37. The van der Waals surface area contributed by atoms with E-state index in [9.17, 15) is 17.6 Å². The van der Waals surface area contributed by atoms with Crippen molar-refractivity contribution in [3.8, 4) is 0 Å². The van der Waals surface area contributed by atoms with Crippen LogP contribution >= 0.6 is 0 Å². The van der Waals surface area contributed by atoms with E-state index in [0.29, 0.717) is 12.3 Å². The fourth-order valence-electron chi connectivity index (χ4n) is 5.10. The first-order valence-corrected chi connectivity index (χ1v) is 11.4. The monoisotopic (exact) mass is 472 g/mol. The van der Waals surface area contributed by atoms with Gasteiger partial charge in [-0.3, -0.25) is 4.99 Å². The Hall–Kier alpha value is -3.00. The molecule has 0 aromatic heterocycles. The molecule has 0 radical (unpaired) electrons. The molecule has 3 heterocycles. The van der Waals surface area contributed by atoms with Crippen LogP contribution < -0.4 is 11.1 Å². The summed E-state index contributed by atoms with van der Waals surface area (Å²) in [7, 11) is 0. The standard InChI is InChI=1S/C26H28F4N4/c1-14-10-20(28)24(30)19(23(14)29)12-17(11-15(2)27)6-4-8-21-22-16(3)26(33-21,34-25(22)31)18-7-5-9-32-13-18/h4,6,10-11,18,32H,2,5,7-9,12-13H2,1,3H3,(H2,31,34)/b6-4-,17-11+. The Bertz CT molecular complexity index is 1160. The average Bonchev–Trinajstić information content (AvgIpc) is 3.21. The third-order valence-electron chi connectivity index (χ3n) is 6.73. The van der Waals surface area contributed by atoms with Gasteiger partial charge in [0, 0.05) is 36.4 Å². The molecule has 0 amide bonds. The van der Waals surface area contributed by atoms with Crippen molar-refractivity contribution in [2.24, 2.45) is 21.6 Å². The molecule has 1 fully saturated rings. The number of nitrogens with one attached hydrogen (secondary N) is 1. The van der Waals surface area contributed by atoms with E-state index in [1.54, 1.807) is 12.2 Å². The second kappa shape index (κ2) is 9.33. The van der Waals surface area contributed by atoms with Crippen LogP contribution in [0.2, 0.25) is 0 Å². The van der Waals surface area contributed by atoms with Gasteiger partial charge in [0.05, 0.1) is 5.71 Å². The Morgan fingerprint density at radius 3 is 2.71 bits per heavy atom. The molecule has 0 saturated carbocycles. The Morgan fingerprint density at radius 1 is 1.26 bits per heavy atom. The van der Waals surface area contributed by atoms with Crippen molar-refractivity contribution in [3.05, 3.63) is 82.0 Å². The third-order valence-corrected chi connectivity index (χ3v) is 6.73. The lowest BCUT2D eigenvalue weighted by Gasteiger charge is -2.35. The van der Waals surface area contributed by atoms with Crippen LogP contribution in [-0.2, 0) is 6.42 Å². The number of halogens is 4. The zero-order valence-electron chi connectivity index (χ0n) is 19.3. The Labute approximate surface area is 196 Å². The molecule has 4 rings (SSSR count). The first-order chi connectivity index (χ1) is 16.1. The molecular weight excluding hydrogens is 444 g/mol. The fraction of sp³-hybridized carbons (Fsp3) is 0.385. The van der Waals surface area contributed by atoms with Gasteiger partial charge in [0.2, 0.25) is 0 Å². The summed E-state index contributed by atoms with van der Waals surface area (Å²) in [5.41, 5.74) is 7.99. The number of nitrogens with zero attached hydrogens (tertiary/aromatic N) is 2. The van der Waals surface area contributed by atoms with Crippen LogP contribution in [-0.4, -0.2) is 30.3 Å². The molecule has 1 aromatic carbocycles. The van der Waals surface area contributed by atoms with Gasteiger partial charge in [-0.2, -0.15) is 0 Å². The molecule has 1 saturated heterocycles. The normalized spacial score (nSPS) is 24.8. The van der Waals surface area contributed by atoms with Crippen molar-refractivity contribution in [3.63, 3.8) is 0 Å². The number of aryl methyl sites for hydroxylation is 1. The summed E-state index contributed by atoms with van der Waals surface area (Å²) in [6, 6.07) is 0.800. The lowest BCUT2D eigenvalue weighted by atomic mass is 9.83. The third kappa shape index (κ3) is 4.27. The van der Waals surface area contributed by atoms with Crippen molar-refractivity contribution < 1.29 is 17.6 Å². The zero-order valence-corrected chi connectivity index (χ0v) is 19.3. The van der Waals surface area contributed by atoms with Crippen LogP contribution in [0.1, 0.15) is 37.3 Å². The lowest BCUT2D eigenvalue weighted by Crippen LogP contribution is -2.44. The molecule has 3 aliphatic rings. The van der Waals surface area contributed by atoms with Crippen LogP contribution in [0.3, 0.4) is 0 Å². The van der Waals surface area contributed by atoms with E-state index < -0.39 is 34.5 Å². The van der Waals surface area contributed by atoms with Gasteiger partial charge in [0.1, 0.15) is 17.5 Å². The van der Waals surface area contributed by atoms with Crippen molar-refractivity contribution in [2.45, 2.75) is 45.2 Å². The van der Waals surface area contributed by atoms with Gasteiger partial charge in [-0.05, 0) is 62.1 Å². The van der Waals surface area contributed by atoms with Gasteiger partial charge in [0.15, 0.2) is 17.3 Å². The van der Waals surface area contributed by atoms with Crippen molar-refractivity contribution in [1.82, 2.24) is 5.32 Å². The number of amidine groups is 1. The van der Waals surface area contributed by atoms with Gasteiger partial charge in [-0.15, -0.1) is 0 Å². The summed E-state index contributed by atoms with van der Waals surface area (Å²) in [6.07, 6.45) is 6.46. The van der Waals surface area contributed by atoms with Gasteiger partial charge in [-0.1, -0.05) is 18.7 Å². The molecule has 4 nitrogen and oxygen atoms in total. The number of fused-ring (bicyclic) bond motifs is 1. The van der Waals surface area contributed by atoms with E-state index in [-0.39, 0.29) is 23.5 Å². The molecule has 34 heavy (non-hydrogen) atoms. The summed E-state index contributed by atoms with van der Waals surface area (Å²) >= 11 is 0. The average molecular weight is 473 g/mol. The highest BCUT2D eigenvalue weighted by Crippen LogP contribution is 2.46. The molecule has 2 unspecified atom stereocenters. The van der Waals surface area contributed by atoms with E-state index in [1.165, 1.54) is 6.92 Å². The molecule has 8 heteroatoms. The minimum Gasteiger partial charge on any atom is -0.383 e. The zero-order chi connectivity index (χ0) is 24.6. The highest BCUT2D eigenvalue weighted by Gasteiger charge is 2.50. The first-order valence-electron chi connectivity index (χ1n) is 11.4. The van der Waals surface area contributed by atoms with Gasteiger partial charge >= 0.3 is 0 Å². The minimum atomic E-state index is -1.28. The SMILES string of the molecule is C=C(F)/C=C(\C=C/CC1=NC2(C3CCCNC3)N=C(N)C1=C2C)Cc1c(F)c(C)cc(F)c1F. The van der Waals surface area contributed by atoms with E-state index in [2.05, 4.69) is 11.9 Å². The van der Waals surface area contributed by atoms with Gasteiger partial charge in [-0.25, -0.2) is 22.6 Å². The van der Waals surface area contributed by atoms with Crippen LogP contribution in [0.15, 0.2) is 63.4 Å². The van der Waals surface area contributed by atoms with Gasteiger partial charge < -0.3 is 11.1 Å². The number of piperidine rings is 1. The number of aliphatic imine (C=N–C) groups is 2. The summed E-state index contributed by atoms with van der Waals surface area (Å²) in [4.78, 5) is 9.63. The molecular formula is C26H28F4N4. The van der Waals surface area contributed by atoms with Crippen LogP contribution in [0, 0.1) is 30.3 Å². The minimum absolute atomic E-state index is 0.0210. The maximum Gasteiger partial charge on any atom is 0.179 e. The van der Waals surface area contributed by atoms with E-state index in [1.807, 2.05) is 6.92 Å². The van der Waals surface area contributed by atoms with Crippen LogP contribution in [0.25, 0.3) is 0 Å². The van der Waals surface area contributed by atoms with E-state index in [4.69, 9.17) is 15.7 Å². The Balaban J connectivity index is 1.57. The number of hydrogen-bond donors (Lipinski definition) is 2. The molecule has 0 aliphatic carbocycles. The fourth-order valence-corrected chi connectivity index (χ4v) is 5.10. The quantitative estimate of drug-likeness (QED) is 0.328. The number of allylic oxidation sites excluding steroid dienone is 5. The second-order valence-electron chi connectivity index (χ2n) is 9.06.